The molecule has 0 aromatic heterocycles. The van der Waals surface area contributed by atoms with E-state index in [9.17, 15) is 18.4 Å². The highest BCUT2D eigenvalue weighted by molar-refractivity contribution is 5.91. The molecule has 0 radical (unpaired) electrons. The molecule has 0 saturated carbocycles. The molecule has 0 spiro atoms. The Morgan fingerprint density at radius 1 is 1.16 bits per heavy atom. The molecule has 0 unspecified atom stereocenters. The highest BCUT2D eigenvalue weighted by Gasteiger charge is 2.19. The molecular formula is C18H23F2N3O2. The summed E-state index contributed by atoms with van der Waals surface area (Å²) in [7, 11) is 0. The van der Waals surface area contributed by atoms with Crippen molar-refractivity contribution in [3.8, 4) is 0 Å². The third-order valence-electron chi connectivity index (χ3n) is 4.03. The van der Waals surface area contributed by atoms with Crippen molar-refractivity contribution in [2.24, 2.45) is 0 Å². The first-order valence-electron chi connectivity index (χ1n) is 8.41. The lowest BCUT2D eigenvalue weighted by atomic mass is 10.2. The second-order valence-electron chi connectivity index (χ2n) is 5.88. The number of rotatable bonds is 5. The van der Waals surface area contributed by atoms with E-state index in [0.717, 1.165) is 25.1 Å². The van der Waals surface area contributed by atoms with Gasteiger partial charge < -0.3 is 10.2 Å². The van der Waals surface area contributed by atoms with Gasteiger partial charge in [0.05, 0.1) is 6.54 Å². The maximum atomic E-state index is 13.6. The van der Waals surface area contributed by atoms with Crippen molar-refractivity contribution in [1.82, 2.24) is 15.1 Å². The van der Waals surface area contributed by atoms with E-state index in [1.807, 2.05) is 11.8 Å². The Morgan fingerprint density at radius 2 is 1.88 bits per heavy atom. The van der Waals surface area contributed by atoms with Gasteiger partial charge in [0.25, 0.3) is 0 Å². The Balaban J connectivity index is 1.92. The number of amides is 2. The van der Waals surface area contributed by atoms with Gasteiger partial charge in [-0.2, -0.15) is 0 Å². The van der Waals surface area contributed by atoms with Crippen LogP contribution in [0.3, 0.4) is 0 Å². The van der Waals surface area contributed by atoms with Gasteiger partial charge in [0, 0.05) is 44.4 Å². The molecule has 1 saturated heterocycles. The van der Waals surface area contributed by atoms with Crippen molar-refractivity contribution in [2.45, 2.75) is 13.3 Å². The topological polar surface area (TPSA) is 52.7 Å². The van der Waals surface area contributed by atoms with E-state index >= 15 is 0 Å². The van der Waals surface area contributed by atoms with Crippen molar-refractivity contribution < 1.29 is 18.4 Å². The van der Waals surface area contributed by atoms with Crippen molar-refractivity contribution in [2.75, 3.05) is 39.3 Å². The predicted molar refractivity (Wildman–Crippen MR) is 91.7 cm³/mol. The Hall–Kier alpha value is -2.28. The SMILES string of the molecule is CCNC(=O)CN1CCCN(C(=O)/C=C/c2c(F)cccc2F)CC1. The van der Waals surface area contributed by atoms with E-state index in [1.54, 1.807) is 4.90 Å². The summed E-state index contributed by atoms with van der Waals surface area (Å²) in [6.45, 7) is 5.11. The summed E-state index contributed by atoms with van der Waals surface area (Å²) in [5.41, 5.74) is -0.219. The van der Waals surface area contributed by atoms with Crippen molar-refractivity contribution in [1.29, 1.82) is 0 Å². The minimum absolute atomic E-state index is 0.0304. The number of likely N-dealkylation sites (N-methyl/N-ethyl adjacent to an activating group) is 1. The molecule has 1 N–H and O–H groups in total. The van der Waals surface area contributed by atoms with E-state index in [0.29, 0.717) is 32.7 Å². The number of carbonyl (C=O) groups is 2. The largest absolute Gasteiger partial charge is 0.355 e. The average Bonchev–Trinajstić information content (AvgIpc) is 2.80. The van der Waals surface area contributed by atoms with Gasteiger partial charge in [0.2, 0.25) is 11.8 Å². The Morgan fingerprint density at radius 3 is 2.56 bits per heavy atom. The molecule has 1 heterocycles. The van der Waals surface area contributed by atoms with Gasteiger partial charge in [-0.1, -0.05) is 6.07 Å². The summed E-state index contributed by atoms with van der Waals surface area (Å²) in [5.74, 6) is -1.72. The number of benzene rings is 1. The van der Waals surface area contributed by atoms with Crippen LogP contribution in [0.2, 0.25) is 0 Å². The lowest BCUT2D eigenvalue weighted by Gasteiger charge is -2.20. The van der Waals surface area contributed by atoms with Crippen LogP contribution in [-0.4, -0.2) is 60.9 Å². The summed E-state index contributed by atoms with van der Waals surface area (Å²) in [6, 6.07) is 3.58. The highest BCUT2D eigenvalue weighted by atomic mass is 19.1. The third-order valence-corrected chi connectivity index (χ3v) is 4.03. The van der Waals surface area contributed by atoms with Gasteiger partial charge in [-0.3, -0.25) is 14.5 Å². The molecule has 5 nitrogen and oxygen atoms in total. The molecule has 25 heavy (non-hydrogen) atoms. The first-order valence-corrected chi connectivity index (χ1v) is 8.41. The van der Waals surface area contributed by atoms with Crippen LogP contribution >= 0.6 is 0 Å². The normalized spacial score (nSPS) is 16.0. The highest BCUT2D eigenvalue weighted by Crippen LogP contribution is 2.14. The van der Waals surface area contributed by atoms with E-state index < -0.39 is 11.6 Å². The molecule has 2 rings (SSSR count). The third kappa shape index (κ3) is 5.63. The zero-order valence-electron chi connectivity index (χ0n) is 14.3. The lowest BCUT2D eigenvalue weighted by molar-refractivity contribution is -0.125. The molecule has 0 bridgehead atoms. The Labute approximate surface area is 146 Å². The van der Waals surface area contributed by atoms with Crippen molar-refractivity contribution in [3.05, 3.63) is 41.5 Å². The maximum absolute atomic E-state index is 13.6. The monoisotopic (exact) mass is 351 g/mol. The van der Waals surface area contributed by atoms with Crippen molar-refractivity contribution in [3.63, 3.8) is 0 Å². The maximum Gasteiger partial charge on any atom is 0.246 e. The first kappa shape index (κ1) is 19.1. The van der Waals surface area contributed by atoms with Crippen LogP contribution in [0.1, 0.15) is 18.9 Å². The van der Waals surface area contributed by atoms with Gasteiger partial charge in [0.1, 0.15) is 11.6 Å². The average molecular weight is 351 g/mol. The van der Waals surface area contributed by atoms with Crippen LogP contribution in [-0.2, 0) is 9.59 Å². The van der Waals surface area contributed by atoms with E-state index in [1.165, 1.54) is 18.2 Å². The van der Waals surface area contributed by atoms with Gasteiger partial charge in [-0.25, -0.2) is 8.78 Å². The van der Waals surface area contributed by atoms with E-state index in [2.05, 4.69) is 5.32 Å². The van der Waals surface area contributed by atoms with Crippen LogP contribution in [0.4, 0.5) is 8.78 Å². The molecule has 1 aliphatic heterocycles. The fraction of sp³-hybridized carbons (Fsp3) is 0.444. The predicted octanol–water partition coefficient (Wildman–Crippen LogP) is 1.65. The smallest absolute Gasteiger partial charge is 0.246 e. The first-order chi connectivity index (χ1) is 12.0. The van der Waals surface area contributed by atoms with Gasteiger partial charge >= 0.3 is 0 Å². The minimum Gasteiger partial charge on any atom is -0.355 e. The lowest BCUT2D eigenvalue weighted by Crippen LogP contribution is -2.39. The standard InChI is InChI=1S/C18H23F2N3O2/c1-2-21-17(24)13-22-9-4-10-23(12-11-22)18(25)8-7-14-15(19)5-3-6-16(14)20/h3,5-8H,2,4,9-13H2,1H3,(H,21,24)/b8-7+. The van der Waals surface area contributed by atoms with Crippen LogP contribution in [0.25, 0.3) is 6.08 Å². The van der Waals surface area contributed by atoms with Gasteiger partial charge in [-0.05, 0) is 31.6 Å². The minimum atomic E-state index is -0.701. The van der Waals surface area contributed by atoms with E-state index in [4.69, 9.17) is 0 Å². The molecule has 2 amide bonds. The number of hydrogen-bond donors (Lipinski definition) is 1. The fourth-order valence-corrected chi connectivity index (χ4v) is 2.74. The summed E-state index contributed by atoms with van der Waals surface area (Å²) >= 11 is 0. The summed E-state index contributed by atoms with van der Waals surface area (Å²) in [5, 5.41) is 2.75. The van der Waals surface area contributed by atoms with Crippen molar-refractivity contribution >= 4 is 17.9 Å². The van der Waals surface area contributed by atoms with Gasteiger partial charge in [-0.15, -0.1) is 0 Å². The Bertz CT molecular complexity index is 629. The molecule has 7 heteroatoms. The zero-order chi connectivity index (χ0) is 18.2. The quantitative estimate of drug-likeness (QED) is 0.821. The summed E-state index contributed by atoms with van der Waals surface area (Å²) in [6.07, 6.45) is 3.11. The number of nitrogens with one attached hydrogen (secondary N) is 1. The number of nitrogens with zero attached hydrogens (tertiary/aromatic N) is 2. The summed E-state index contributed by atoms with van der Waals surface area (Å²) < 4.78 is 27.2. The number of hydrogen-bond acceptors (Lipinski definition) is 3. The van der Waals surface area contributed by atoms with Crippen LogP contribution < -0.4 is 5.32 Å². The molecule has 1 aliphatic rings. The number of halogens is 2. The second kappa shape index (κ2) is 9.27. The second-order valence-corrected chi connectivity index (χ2v) is 5.88. The molecule has 0 atom stereocenters. The number of carbonyl (C=O) groups excluding carboxylic acids is 2. The molecule has 1 aromatic rings. The molecule has 1 fully saturated rings. The van der Waals surface area contributed by atoms with Crippen LogP contribution in [0, 0.1) is 11.6 Å². The fourth-order valence-electron chi connectivity index (χ4n) is 2.74. The van der Waals surface area contributed by atoms with E-state index in [-0.39, 0.29) is 17.4 Å². The Kier molecular flexibility index (Phi) is 7.06. The molecule has 1 aromatic carbocycles. The summed E-state index contributed by atoms with van der Waals surface area (Å²) in [4.78, 5) is 27.6. The molecular weight excluding hydrogens is 328 g/mol. The zero-order valence-corrected chi connectivity index (χ0v) is 14.3. The molecule has 136 valence electrons. The molecule has 0 aliphatic carbocycles. The van der Waals surface area contributed by atoms with Crippen LogP contribution in [0.5, 0.6) is 0 Å². The van der Waals surface area contributed by atoms with Crippen LogP contribution in [0.15, 0.2) is 24.3 Å². The van der Waals surface area contributed by atoms with Gasteiger partial charge in [0.15, 0.2) is 0 Å².